The molecule has 2 atom stereocenters. The van der Waals surface area contributed by atoms with E-state index in [-0.39, 0.29) is 22.8 Å². The molecule has 222 valence electrons. The second-order valence-electron chi connectivity index (χ2n) is 12.1. The molecule has 0 saturated heterocycles. The predicted octanol–water partition coefficient (Wildman–Crippen LogP) is 9.00. The number of esters is 2. The average Bonchev–Trinajstić information content (AvgIpc) is 2.99. The number of unbranched alkanes of at least 4 members (excludes halogenated alkanes) is 7. The van der Waals surface area contributed by atoms with E-state index in [0.717, 1.165) is 64.2 Å². The van der Waals surface area contributed by atoms with Crippen molar-refractivity contribution in [2.24, 2.45) is 10.8 Å². The van der Waals surface area contributed by atoms with Crippen molar-refractivity contribution in [3.8, 4) is 0 Å². The van der Waals surface area contributed by atoms with Crippen LogP contribution in [0.3, 0.4) is 0 Å². The lowest BCUT2D eigenvalue weighted by Crippen LogP contribution is -2.25. The summed E-state index contributed by atoms with van der Waals surface area (Å²) >= 11 is 0. The first-order valence-corrected chi connectivity index (χ1v) is 15.5. The van der Waals surface area contributed by atoms with Gasteiger partial charge in [-0.25, -0.2) is 9.59 Å². The van der Waals surface area contributed by atoms with Gasteiger partial charge in [-0.1, -0.05) is 91.9 Å². The van der Waals surface area contributed by atoms with Crippen LogP contribution < -0.4 is 0 Å². The maximum atomic E-state index is 12.4. The van der Waals surface area contributed by atoms with Crippen molar-refractivity contribution in [3.05, 3.63) is 60.2 Å². The molecule has 0 aliphatic rings. The highest BCUT2D eigenvalue weighted by atomic mass is 16.5. The van der Waals surface area contributed by atoms with Crippen molar-refractivity contribution in [2.45, 2.75) is 118 Å². The molecule has 6 heteroatoms. The molecule has 0 aliphatic heterocycles. The van der Waals surface area contributed by atoms with Gasteiger partial charge >= 0.3 is 11.9 Å². The van der Waals surface area contributed by atoms with E-state index in [2.05, 4.69) is 37.7 Å². The fourth-order valence-electron chi connectivity index (χ4n) is 5.17. The van der Waals surface area contributed by atoms with E-state index < -0.39 is 0 Å². The molecule has 0 radical (unpaired) electrons. The van der Waals surface area contributed by atoms with E-state index in [0.29, 0.717) is 24.3 Å². The third-order valence-corrected chi connectivity index (χ3v) is 7.98. The van der Waals surface area contributed by atoms with Crippen LogP contribution in [-0.2, 0) is 9.47 Å². The molecular formula is C34H52N2O4. The second kappa shape index (κ2) is 18.6. The highest BCUT2D eigenvalue weighted by Gasteiger charge is 2.27. The molecule has 0 saturated carbocycles. The number of hydrogen-bond donors (Lipinski definition) is 0. The number of ether oxygens (including phenoxy) is 2. The molecule has 2 aromatic rings. The van der Waals surface area contributed by atoms with E-state index in [9.17, 15) is 9.59 Å². The number of carbonyl (C=O) groups excluding carboxylic acids is 2. The largest absolute Gasteiger partial charge is 0.461 e. The fourth-order valence-corrected chi connectivity index (χ4v) is 5.17. The van der Waals surface area contributed by atoms with Crippen molar-refractivity contribution < 1.29 is 19.1 Å². The van der Waals surface area contributed by atoms with Gasteiger partial charge in [0.25, 0.3) is 0 Å². The van der Waals surface area contributed by atoms with Crippen molar-refractivity contribution in [2.75, 3.05) is 13.2 Å². The van der Waals surface area contributed by atoms with Crippen molar-refractivity contribution in [3.63, 3.8) is 0 Å². The minimum atomic E-state index is -0.284. The van der Waals surface area contributed by atoms with Gasteiger partial charge in [0.05, 0.1) is 24.3 Å². The van der Waals surface area contributed by atoms with E-state index in [1.165, 1.54) is 25.7 Å². The van der Waals surface area contributed by atoms with Gasteiger partial charge in [-0.15, -0.1) is 0 Å². The minimum Gasteiger partial charge on any atom is -0.461 e. The molecular weight excluding hydrogens is 500 g/mol. The molecule has 2 unspecified atom stereocenters. The predicted molar refractivity (Wildman–Crippen MR) is 161 cm³/mol. The van der Waals surface area contributed by atoms with Crippen molar-refractivity contribution in [1.82, 2.24) is 9.97 Å². The van der Waals surface area contributed by atoms with E-state index in [4.69, 9.17) is 9.47 Å². The zero-order valence-corrected chi connectivity index (χ0v) is 25.5. The summed E-state index contributed by atoms with van der Waals surface area (Å²) in [5.41, 5.74) is 1.06. The number of aromatic nitrogens is 2. The molecule has 2 heterocycles. The number of hydrogen-bond acceptors (Lipinski definition) is 6. The maximum absolute atomic E-state index is 12.4. The molecule has 0 fully saturated rings. The Labute approximate surface area is 242 Å². The molecule has 6 nitrogen and oxygen atoms in total. The summed E-state index contributed by atoms with van der Waals surface area (Å²) in [6.07, 6.45) is 22.5. The van der Waals surface area contributed by atoms with Gasteiger partial charge in [-0.05, 0) is 49.9 Å². The first-order valence-electron chi connectivity index (χ1n) is 15.5. The van der Waals surface area contributed by atoms with Crippen LogP contribution in [0.2, 0.25) is 0 Å². The third kappa shape index (κ3) is 13.1. The monoisotopic (exact) mass is 552 g/mol. The Bertz CT molecular complexity index is 889. The van der Waals surface area contributed by atoms with E-state index >= 15 is 0 Å². The summed E-state index contributed by atoms with van der Waals surface area (Å²) in [5.74, 6) is -0.567. The molecule has 0 aromatic carbocycles. The summed E-state index contributed by atoms with van der Waals surface area (Å²) in [5, 5.41) is 0. The number of rotatable bonds is 21. The molecule has 0 amide bonds. The Morgan fingerprint density at radius 2 is 1.00 bits per heavy atom. The van der Waals surface area contributed by atoms with Crippen LogP contribution in [0.4, 0.5) is 0 Å². The normalized spacial score (nSPS) is 14.2. The highest BCUT2D eigenvalue weighted by Crippen LogP contribution is 2.33. The first-order chi connectivity index (χ1) is 19.3. The lowest BCUT2D eigenvalue weighted by molar-refractivity contribution is 0.0257. The zero-order valence-electron chi connectivity index (χ0n) is 25.5. The molecule has 40 heavy (non-hydrogen) atoms. The Balaban J connectivity index is 1.69. The topological polar surface area (TPSA) is 78.4 Å². The van der Waals surface area contributed by atoms with Gasteiger partial charge in [0, 0.05) is 35.6 Å². The Morgan fingerprint density at radius 3 is 1.35 bits per heavy atom. The number of nitrogens with zero attached hydrogens (tertiary/aromatic N) is 2. The van der Waals surface area contributed by atoms with Crippen LogP contribution in [0, 0.1) is 10.8 Å². The Kier molecular flexibility index (Phi) is 15.5. The van der Waals surface area contributed by atoms with E-state index in [1.54, 1.807) is 49.1 Å². The summed E-state index contributed by atoms with van der Waals surface area (Å²) in [6, 6.07) is 7.02. The third-order valence-electron chi connectivity index (χ3n) is 7.98. The van der Waals surface area contributed by atoms with Gasteiger partial charge in [-0.3, -0.25) is 9.97 Å². The molecule has 0 aliphatic carbocycles. The number of carbonyl (C=O) groups is 2. The van der Waals surface area contributed by atoms with Gasteiger partial charge in [0.2, 0.25) is 0 Å². The van der Waals surface area contributed by atoms with Crippen molar-refractivity contribution in [1.29, 1.82) is 0 Å². The maximum Gasteiger partial charge on any atom is 0.339 e. The summed E-state index contributed by atoms with van der Waals surface area (Å²) in [4.78, 5) is 32.9. The molecule has 2 aromatic heterocycles. The zero-order chi connectivity index (χ0) is 29.1. The summed E-state index contributed by atoms with van der Waals surface area (Å²) in [6.45, 7) is 9.86. The highest BCUT2D eigenvalue weighted by molar-refractivity contribution is 5.89. The van der Waals surface area contributed by atoms with E-state index in [1.807, 2.05) is 0 Å². The lowest BCUT2D eigenvalue weighted by Gasteiger charge is -2.29. The SMILES string of the molecule is CCCCC(C)(CCCCCCCCC(C)(CCCC)COC(=O)c1cccnc1)COC(=O)c1cccnc1. The minimum absolute atomic E-state index is 0.0161. The van der Waals surface area contributed by atoms with Crippen LogP contribution >= 0.6 is 0 Å². The van der Waals surface area contributed by atoms with Crippen LogP contribution in [-0.4, -0.2) is 35.1 Å². The van der Waals surface area contributed by atoms with Crippen LogP contribution in [0.5, 0.6) is 0 Å². The quantitative estimate of drug-likeness (QED) is 0.114. The number of pyridine rings is 2. The van der Waals surface area contributed by atoms with Crippen LogP contribution in [0.15, 0.2) is 49.1 Å². The standard InChI is InChI=1S/C34H52N2O4/c1-5-7-19-33(3,27-39-31(37)29-17-15-23-35-25-29)21-13-11-9-10-12-14-22-34(4,20-8-6-2)28-40-32(38)30-18-16-24-36-26-30/h15-18,23-26H,5-14,19-22,27-28H2,1-4H3. The van der Waals surface area contributed by atoms with Crippen molar-refractivity contribution >= 4 is 11.9 Å². The summed E-state index contributed by atoms with van der Waals surface area (Å²) < 4.78 is 11.4. The average molecular weight is 553 g/mol. The second-order valence-corrected chi connectivity index (χ2v) is 12.1. The van der Waals surface area contributed by atoms with Gasteiger partial charge in [-0.2, -0.15) is 0 Å². The van der Waals surface area contributed by atoms with Crippen LogP contribution in [0.1, 0.15) is 138 Å². The first kappa shape index (κ1) is 33.4. The van der Waals surface area contributed by atoms with Crippen LogP contribution in [0.25, 0.3) is 0 Å². The van der Waals surface area contributed by atoms with Gasteiger partial charge in [0.15, 0.2) is 0 Å². The molecule has 0 spiro atoms. The smallest absolute Gasteiger partial charge is 0.339 e. The van der Waals surface area contributed by atoms with Gasteiger partial charge < -0.3 is 9.47 Å². The fraction of sp³-hybridized carbons (Fsp3) is 0.647. The molecule has 0 N–H and O–H groups in total. The Morgan fingerprint density at radius 1 is 0.625 bits per heavy atom. The molecule has 2 rings (SSSR count). The summed E-state index contributed by atoms with van der Waals surface area (Å²) in [7, 11) is 0. The Hall–Kier alpha value is -2.76. The lowest BCUT2D eigenvalue weighted by atomic mass is 9.80. The molecule has 0 bridgehead atoms. The van der Waals surface area contributed by atoms with Gasteiger partial charge in [0.1, 0.15) is 0 Å².